The highest BCUT2D eigenvalue weighted by Gasteiger charge is 2.38. The number of amides is 4. The molecule has 0 unspecified atom stereocenters. The molecule has 1 aromatic heterocycles. The zero-order valence-corrected chi connectivity index (χ0v) is 27.7. The van der Waals surface area contributed by atoms with Crippen molar-refractivity contribution in [1.29, 1.82) is 0 Å². The van der Waals surface area contributed by atoms with Crippen LogP contribution in [0.3, 0.4) is 0 Å². The lowest BCUT2D eigenvalue weighted by molar-refractivity contribution is -0.143. The normalized spacial score (nSPS) is 21.0. The average Bonchev–Trinajstić information content (AvgIpc) is 3.52. The van der Waals surface area contributed by atoms with E-state index in [1.807, 2.05) is 15.7 Å². The number of phenolic OH excluding ortho intramolecular Hbond substituents is 1. The van der Waals surface area contributed by atoms with Crippen molar-refractivity contribution >= 4 is 46.5 Å². The van der Waals surface area contributed by atoms with E-state index in [0.29, 0.717) is 57.4 Å². The van der Waals surface area contributed by atoms with Crippen LogP contribution < -0.4 is 10.6 Å². The molecule has 5 heterocycles. The lowest BCUT2D eigenvalue weighted by Crippen LogP contribution is -2.51. The number of thiophene rings is 1. The van der Waals surface area contributed by atoms with E-state index in [0.717, 1.165) is 56.1 Å². The summed E-state index contributed by atoms with van der Waals surface area (Å²) < 4.78 is 41.1. The number of urea groups is 1. The zero-order valence-electron chi connectivity index (χ0n) is 26.2. The first kappa shape index (κ1) is 33.9. The molecule has 0 spiro atoms. The fourth-order valence-corrected chi connectivity index (χ4v) is 8.77. The molecule has 256 valence electrons. The summed E-state index contributed by atoms with van der Waals surface area (Å²) in [5.41, 5.74) is 0.779. The van der Waals surface area contributed by atoms with Crippen molar-refractivity contribution in [3.63, 3.8) is 0 Å². The molecule has 3 N–H and O–H groups in total. The van der Waals surface area contributed by atoms with Crippen molar-refractivity contribution in [2.45, 2.75) is 70.1 Å². The maximum absolute atomic E-state index is 14.0. The van der Waals surface area contributed by atoms with Crippen LogP contribution in [0.25, 0.3) is 0 Å². The molecule has 2 aromatic rings. The standard InChI is InChI=1S/C33H41ClF3N5O4S/c34-27-15-20(14-26(30(27)44)33(35,36)37)13-23(31(45)41-9-3-22(4-10-41)21-1-7-38-8-2-21)16-29(43)40-11-5-25(6-12-40)42-17-24-18-47-19-28(24)39-32(42)46/h14-15,18-19,21-23,25,38,44H,1-13,16-17H2,(H,39,46)/t23-/m0/s1. The van der Waals surface area contributed by atoms with Gasteiger partial charge in [-0.05, 0) is 92.9 Å². The van der Waals surface area contributed by atoms with Crippen LogP contribution in [-0.4, -0.2) is 83.0 Å². The number of nitrogens with zero attached hydrogens (tertiary/aromatic N) is 3. The lowest BCUT2D eigenvalue weighted by Gasteiger charge is -2.41. The Hall–Kier alpha value is -3.03. The van der Waals surface area contributed by atoms with E-state index in [9.17, 15) is 32.7 Å². The summed E-state index contributed by atoms with van der Waals surface area (Å²) >= 11 is 7.54. The van der Waals surface area contributed by atoms with Gasteiger partial charge in [0.2, 0.25) is 11.8 Å². The Morgan fingerprint density at radius 2 is 1.64 bits per heavy atom. The third kappa shape index (κ3) is 7.67. The van der Waals surface area contributed by atoms with Gasteiger partial charge >= 0.3 is 12.2 Å². The van der Waals surface area contributed by atoms with Crippen molar-refractivity contribution in [3.05, 3.63) is 44.6 Å². The number of alkyl halides is 3. The summed E-state index contributed by atoms with van der Waals surface area (Å²) in [6, 6.07) is 1.88. The van der Waals surface area contributed by atoms with E-state index in [1.165, 1.54) is 17.4 Å². The van der Waals surface area contributed by atoms with Gasteiger partial charge < -0.3 is 30.4 Å². The molecule has 47 heavy (non-hydrogen) atoms. The highest BCUT2D eigenvalue weighted by Crippen LogP contribution is 2.41. The molecule has 1 aromatic carbocycles. The molecule has 0 radical (unpaired) electrons. The summed E-state index contributed by atoms with van der Waals surface area (Å²) in [6.07, 6.45) is 0.0368. The molecule has 1 atom stereocenters. The minimum atomic E-state index is -4.84. The number of anilines is 1. The third-order valence-corrected chi connectivity index (χ3v) is 11.5. The van der Waals surface area contributed by atoms with Crippen molar-refractivity contribution in [2.75, 3.05) is 44.6 Å². The minimum Gasteiger partial charge on any atom is -0.506 e. The molecule has 0 bridgehead atoms. The quantitative estimate of drug-likeness (QED) is 0.332. The number of halogens is 4. The van der Waals surface area contributed by atoms with Gasteiger partial charge in [0.1, 0.15) is 5.75 Å². The smallest absolute Gasteiger partial charge is 0.420 e. The summed E-state index contributed by atoms with van der Waals surface area (Å²) in [4.78, 5) is 45.7. The first-order chi connectivity index (χ1) is 22.5. The van der Waals surface area contributed by atoms with Crippen LogP contribution in [0.2, 0.25) is 5.02 Å². The number of carbonyl (C=O) groups is 3. The number of piperidine rings is 3. The van der Waals surface area contributed by atoms with Crippen LogP contribution in [0.4, 0.5) is 23.7 Å². The maximum atomic E-state index is 14.0. The number of rotatable bonds is 7. The fourth-order valence-electron chi connectivity index (χ4n) is 7.75. The molecule has 4 amide bonds. The molecule has 0 aliphatic carbocycles. The average molecular weight is 696 g/mol. The Bertz CT molecular complexity index is 1470. The number of aromatic hydroxyl groups is 1. The van der Waals surface area contributed by atoms with E-state index in [2.05, 4.69) is 10.6 Å². The fraction of sp³-hybridized carbons (Fsp3) is 0.606. The van der Waals surface area contributed by atoms with Crippen LogP contribution in [0.5, 0.6) is 5.75 Å². The summed E-state index contributed by atoms with van der Waals surface area (Å²) in [7, 11) is 0. The summed E-state index contributed by atoms with van der Waals surface area (Å²) in [5, 5.41) is 19.8. The number of fused-ring (bicyclic) bond motifs is 1. The largest absolute Gasteiger partial charge is 0.506 e. The number of nitrogens with one attached hydrogen (secondary N) is 2. The molecule has 4 aliphatic heterocycles. The van der Waals surface area contributed by atoms with Crippen molar-refractivity contribution in [2.24, 2.45) is 17.8 Å². The van der Waals surface area contributed by atoms with Crippen molar-refractivity contribution < 1.29 is 32.7 Å². The van der Waals surface area contributed by atoms with Gasteiger partial charge in [0, 0.05) is 49.6 Å². The number of benzene rings is 1. The Kier molecular flexibility index (Phi) is 10.2. The van der Waals surface area contributed by atoms with Gasteiger partial charge in [-0.3, -0.25) is 9.59 Å². The first-order valence-electron chi connectivity index (χ1n) is 16.5. The Morgan fingerprint density at radius 3 is 2.32 bits per heavy atom. The van der Waals surface area contributed by atoms with Crippen molar-refractivity contribution in [1.82, 2.24) is 20.0 Å². The van der Waals surface area contributed by atoms with Crippen LogP contribution in [0, 0.1) is 17.8 Å². The molecule has 6 rings (SSSR count). The van der Waals surface area contributed by atoms with Crippen molar-refractivity contribution in [3.8, 4) is 5.75 Å². The molecule has 4 aliphatic rings. The molecular formula is C33H41ClF3N5O4S. The highest BCUT2D eigenvalue weighted by molar-refractivity contribution is 7.08. The van der Waals surface area contributed by atoms with Gasteiger partial charge in [0.15, 0.2) is 0 Å². The van der Waals surface area contributed by atoms with Crippen LogP contribution in [-0.2, 0) is 28.7 Å². The molecule has 3 fully saturated rings. The van der Waals surface area contributed by atoms with Crippen LogP contribution in [0.1, 0.15) is 61.6 Å². The Labute approximate surface area is 281 Å². The van der Waals surface area contributed by atoms with Gasteiger partial charge in [0.05, 0.1) is 28.7 Å². The van der Waals surface area contributed by atoms with Crippen LogP contribution in [0.15, 0.2) is 22.9 Å². The second kappa shape index (κ2) is 14.2. The number of hydrogen-bond donors (Lipinski definition) is 3. The van der Waals surface area contributed by atoms with E-state index in [-0.39, 0.29) is 42.3 Å². The van der Waals surface area contributed by atoms with E-state index in [4.69, 9.17) is 11.6 Å². The monoisotopic (exact) mass is 695 g/mol. The third-order valence-electron chi connectivity index (χ3n) is 10.4. The Morgan fingerprint density at radius 1 is 0.979 bits per heavy atom. The molecule has 0 saturated carbocycles. The van der Waals surface area contributed by atoms with Gasteiger partial charge in [-0.1, -0.05) is 11.6 Å². The molecule has 9 nitrogen and oxygen atoms in total. The number of phenols is 1. The van der Waals surface area contributed by atoms with Gasteiger partial charge in [-0.25, -0.2) is 4.79 Å². The second-order valence-corrected chi connectivity index (χ2v) is 14.5. The molecular weight excluding hydrogens is 655 g/mol. The summed E-state index contributed by atoms with van der Waals surface area (Å²) in [5.74, 6) is -1.27. The number of hydrogen-bond acceptors (Lipinski definition) is 6. The summed E-state index contributed by atoms with van der Waals surface area (Å²) in [6.45, 7) is 4.45. The van der Waals surface area contributed by atoms with Gasteiger partial charge in [-0.2, -0.15) is 13.2 Å². The lowest BCUT2D eigenvalue weighted by atomic mass is 9.79. The predicted molar refractivity (Wildman–Crippen MR) is 173 cm³/mol. The minimum absolute atomic E-state index is 0.0364. The zero-order chi connectivity index (χ0) is 33.3. The van der Waals surface area contributed by atoms with Crippen LogP contribution >= 0.6 is 22.9 Å². The van der Waals surface area contributed by atoms with Gasteiger partial charge in [-0.15, -0.1) is 11.3 Å². The maximum Gasteiger partial charge on any atom is 0.420 e. The molecule has 14 heteroatoms. The molecule has 3 saturated heterocycles. The second-order valence-electron chi connectivity index (χ2n) is 13.3. The SMILES string of the molecule is O=C(C[C@H](Cc1cc(Cl)c(O)c(C(F)(F)F)c1)C(=O)N1CCC(C2CCNCC2)CC1)N1CCC(N2Cc3cscc3NC2=O)CC1. The number of carbonyl (C=O) groups excluding carboxylic acids is 3. The predicted octanol–water partition coefficient (Wildman–Crippen LogP) is 5.95. The first-order valence-corrected chi connectivity index (χ1v) is 17.8. The van der Waals surface area contributed by atoms with E-state index >= 15 is 0 Å². The highest BCUT2D eigenvalue weighted by atomic mass is 35.5. The van der Waals surface area contributed by atoms with E-state index < -0.39 is 28.4 Å². The Balaban J connectivity index is 1.13. The van der Waals surface area contributed by atoms with Gasteiger partial charge in [0.25, 0.3) is 0 Å². The van der Waals surface area contributed by atoms with E-state index in [1.54, 1.807) is 9.80 Å². The number of likely N-dealkylation sites (tertiary alicyclic amines) is 2. The topological polar surface area (TPSA) is 105 Å².